The molecule has 5 nitrogen and oxygen atoms in total. The molecule has 3 rings (SSSR count). The van der Waals surface area contributed by atoms with E-state index in [-0.39, 0.29) is 17.4 Å². The van der Waals surface area contributed by atoms with E-state index >= 15 is 0 Å². The van der Waals surface area contributed by atoms with Gasteiger partial charge in [0.15, 0.2) is 6.10 Å². The zero-order chi connectivity index (χ0) is 17.3. The van der Waals surface area contributed by atoms with E-state index in [2.05, 4.69) is 5.32 Å². The van der Waals surface area contributed by atoms with E-state index in [1.165, 1.54) is 17.0 Å². The van der Waals surface area contributed by atoms with Gasteiger partial charge in [-0.3, -0.25) is 9.59 Å². The van der Waals surface area contributed by atoms with Gasteiger partial charge < -0.3 is 15.0 Å². The molecule has 1 heterocycles. The number of rotatable bonds is 3. The van der Waals surface area contributed by atoms with E-state index in [1.807, 2.05) is 0 Å². The maximum Gasteiger partial charge on any atom is 0.268 e. The second-order valence-electron chi connectivity index (χ2n) is 5.35. The summed E-state index contributed by atoms with van der Waals surface area (Å²) in [6.45, 7) is 0. The van der Waals surface area contributed by atoms with Crippen molar-refractivity contribution in [3.05, 3.63) is 53.3 Å². The predicted octanol–water partition coefficient (Wildman–Crippen LogP) is 3.23. The van der Waals surface area contributed by atoms with E-state index in [1.54, 1.807) is 31.3 Å². The number of fused-ring (bicyclic) bond motifs is 1. The molecule has 2 amide bonds. The van der Waals surface area contributed by atoms with Gasteiger partial charge in [-0.2, -0.15) is 0 Å². The number of carbonyl (C=O) groups is 2. The van der Waals surface area contributed by atoms with Crippen LogP contribution < -0.4 is 15.0 Å². The highest BCUT2D eigenvalue weighted by Gasteiger charge is 2.33. The summed E-state index contributed by atoms with van der Waals surface area (Å²) in [4.78, 5) is 25.9. The number of ether oxygens (including phenoxy) is 1. The van der Waals surface area contributed by atoms with Crippen LogP contribution in [0.15, 0.2) is 42.5 Å². The number of para-hydroxylation sites is 2. The average molecular weight is 349 g/mol. The molecule has 2 aromatic rings. The van der Waals surface area contributed by atoms with Crippen LogP contribution >= 0.6 is 11.6 Å². The lowest BCUT2D eigenvalue weighted by molar-refractivity contribution is -0.130. The fraction of sp³-hybridized carbons (Fsp3) is 0.176. The molecule has 7 heteroatoms. The minimum Gasteiger partial charge on any atom is -0.478 e. The van der Waals surface area contributed by atoms with Crippen LogP contribution in [0.2, 0.25) is 5.02 Å². The van der Waals surface area contributed by atoms with E-state index < -0.39 is 17.8 Å². The molecule has 0 aliphatic carbocycles. The van der Waals surface area contributed by atoms with Crippen LogP contribution in [0.25, 0.3) is 0 Å². The number of amides is 2. The summed E-state index contributed by atoms with van der Waals surface area (Å²) in [6, 6.07) is 11.0. The summed E-state index contributed by atoms with van der Waals surface area (Å²) >= 11 is 5.68. The molecule has 0 fully saturated rings. The lowest BCUT2D eigenvalue weighted by Crippen LogP contribution is -2.45. The lowest BCUT2D eigenvalue weighted by Gasteiger charge is -2.31. The highest BCUT2D eigenvalue weighted by Crippen LogP contribution is 2.33. The van der Waals surface area contributed by atoms with Gasteiger partial charge in [-0.05, 0) is 30.3 Å². The van der Waals surface area contributed by atoms with Gasteiger partial charge in [0.1, 0.15) is 11.6 Å². The summed E-state index contributed by atoms with van der Waals surface area (Å²) in [5.74, 6) is -0.759. The molecule has 1 N–H and O–H groups in total. The minimum absolute atomic E-state index is 0.0912. The van der Waals surface area contributed by atoms with Crippen molar-refractivity contribution in [2.45, 2.75) is 12.5 Å². The first-order chi connectivity index (χ1) is 11.5. The number of nitrogens with one attached hydrogen (secondary N) is 1. The lowest BCUT2D eigenvalue weighted by atomic mass is 10.1. The third kappa shape index (κ3) is 3.19. The van der Waals surface area contributed by atoms with Crippen molar-refractivity contribution in [3.8, 4) is 5.75 Å². The quantitative estimate of drug-likeness (QED) is 0.926. The molecule has 1 aliphatic heterocycles. The second-order valence-corrected chi connectivity index (χ2v) is 5.76. The van der Waals surface area contributed by atoms with Crippen LogP contribution in [-0.4, -0.2) is 25.0 Å². The molecule has 0 bridgehead atoms. The molecule has 2 aromatic carbocycles. The van der Waals surface area contributed by atoms with E-state index in [0.717, 1.165) is 6.07 Å². The maximum absolute atomic E-state index is 13.1. The molecule has 0 spiro atoms. The van der Waals surface area contributed by atoms with Crippen molar-refractivity contribution >= 4 is 34.8 Å². The largest absolute Gasteiger partial charge is 0.478 e. The van der Waals surface area contributed by atoms with Crippen molar-refractivity contribution in [2.75, 3.05) is 17.3 Å². The Hall–Kier alpha value is -2.60. The molecule has 0 radical (unpaired) electrons. The third-order valence-corrected chi connectivity index (χ3v) is 3.97. The fourth-order valence-electron chi connectivity index (χ4n) is 2.46. The molecular formula is C17H14ClFN2O3. The molecule has 24 heavy (non-hydrogen) atoms. The standard InChI is InChI=1S/C17H14ClFN2O3/c1-21-13-4-2-3-5-14(13)24-15(17(21)23)9-16(22)20-10-6-7-12(19)11(18)8-10/h2-8,15H,9H2,1H3,(H,20,22). The Kier molecular flexibility index (Phi) is 4.40. The second kappa shape index (κ2) is 6.49. The Bertz CT molecular complexity index is 812. The first-order valence-electron chi connectivity index (χ1n) is 7.24. The molecule has 0 aromatic heterocycles. The molecule has 0 saturated carbocycles. The zero-order valence-electron chi connectivity index (χ0n) is 12.8. The first-order valence-corrected chi connectivity index (χ1v) is 7.61. The Morgan fingerprint density at radius 2 is 2.08 bits per heavy atom. The Labute approximate surface area is 143 Å². The molecule has 1 aliphatic rings. The molecule has 1 atom stereocenters. The summed E-state index contributed by atoms with van der Waals surface area (Å²) in [5.41, 5.74) is 1.01. The normalized spacial score (nSPS) is 16.4. The maximum atomic E-state index is 13.1. The van der Waals surface area contributed by atoms with Gasteiger partial charge in [0.25, 0.3) is 5.91 Å². The summed E-state index contributed by atoms with van der Waals surface area (Å²) in [5, 5.41) is 2.48. The molecular weight excluding hydrogens is 335 g/mol. The first kappa shape index (κ1) is 16.3. The number of halogens is 2. The molecule has 1 unspecified atom stereocenters. The predicted molar refractivity (Wildman–Crippen MR) is 88.9 cm³/mol. The van der Waals surface area contributed by atoms with Crippen LogP contribution in [-0.2, 0) is 9.59 Å². The smallest absolute Gasteiger partial charge is 0.268 e. The summed E-state index contributed by atoms with van der Waals surface area (Å²) in [6.07, 6.45) is -1.08. The number of hydrogen-bond acceptors (Lipinski definition) is 3. The van der Waals surface area contributed by atoms with Crippen molar-refractivity contribution in [1.29, 1.82) is 0 Å². The SMILES string of the molecule is CN1C(=O)C(CC(=O)Nc2ccc(F)c(Cl)c2)Oc2ccccc21. The van der Waals surface area contributed by atoms with Crippen molar-refractivity contribution in [3.63, 3.8) is 0 Å². The van der Waals surface area contributed by atoms with Gasteiger partial charge in [-0.1, -0.05) is 23.7 Å². The van der Waals surface area contributed by atoms with E-state index in [4.69, 9.17) is 16.3 Å². The van der Waals surface area contributed by atoms with E-state index in [9.17, 15) is 14.0 Å². The number of likely N-dealkylation sites (N-methyl/N-ethyl adjacent to an activating group) is 1. The monoisotopic (exact) mass is 348 g/mol. The van der Waals surface area contributed by atoms with Gasteiger partial charge in [0.2, 0.25) is 5.91 Å². The van der Waals surface area contributed by atoms with E-state index in [0.29, 0.717) is 17.1 Å². The highest BCUT2D eigenvalue weighted by atomic mass is 35.5. The minimum atomic E-state index is -0.916. The Morgan fingerprint density at radius 3 is 2.83 bits per heavy atom. The average Bonchev–Trinajstić information content (AvgIpc) is 2.56. The number of carbonyl (C=O) groups excluding carboxylic acids is 2. The Balaban J connectivity index is 1.70. The highest BCUT2D eigenvalue weighted by molar-refractivity contribution is 6.31. The number of anilines is 2. The number of nitrogens with zero attached hydrogens (tertiary/aromatic N) is 1. The van der Waals surface area contributed by atoms with Gasteiger partial charge in [0, 0.05) is 12.7 Å². The van der Waals surface area contributed by atoms with Crippen LogP contribution in [0.3, 0.4) is 0 Å². The van der Waals surface area contributed by atoms with Crippen LogP contribution in [0.4, 0.5) is 15.8 Å². The van der Waals surface area contributed by atoms with Gasteiger partial charge >= 0.3 is 0 Å². The van der Waals surface area contributed by atoms with Crippen LogP contribution in [0.5, 0.6) is 5.75 Å². The van der Waals surface area contributed by atoms with Crippen molar-refractivity contribution < 1.29 is 18.7 Å². The fourth-order valence-corrected chi connectivity index (χ4v) is 2.64. The topological polar surface area (TPSA) is 58.6 Å². The third-order valence-electron chi connectivity index (χ3n) is 3.68. The van der Waals surface area contributed by atoms with Gasteiger partial charge in [-0.25, -0.2) is 4.39 Å². The number of hydrogen-bond donors (Lipinski definition) is 1. The van der Waals surface area contributed by atoms with Crippen LogP contribution in [0, 0.1) is 5.82 Å². The van der Waals surface area contributed by atoms with Gasteiger partial charge in [0.05, 0.1) is 17.1 Å². The summed E-state index contributed by atoms with van der Waals surface area (Å²) in [7, 11) is 1.63. The van der Waals surface area contributed by atoms with Crippen LogP contribution in [0.1, 0.15) is 6.42 Å². The molecule has 0 saturated heterocycles. The van der Waals surface area contributed by atoms with Crippen molar-refractivity contribution in [1.82, 2.24) is 0 Å². The van der Waals surface area contributed by atoms with Gasteiger partial charge in [-0.15, -0.1) is 0 Å². The molecule has 124 valence electrons. The zero-order valence-corrected chi connectivity index (χ0v) is 13.5. The summed E-state index contributed by atoms with van der Waals surface area (Å²) < 4.78 is 18.8. The Morgan fingerprint density at radius 1 is 1.33 bits per heavy atom. The number of benzene rings is 2. The van der Waals surface area contributed by atoms with Crippen molar-refractivity contribution in [2.24, 2.45) is 0 Å².